The molecule has 0 amide bonds. The van der Waals surface area contributed by atoms with Gasteiger partial charge in [0, 0.05) is 22.1 Å². The van der Waals surface area contributed by atoms with Crippen molar-refractivity contribution in [2.75, 3.05) is 0 Å². The van der Waals surface area contributed by atoms with Crippen LogP contribution >= 0.6 is 0 Å². The molecule has 2 heterocycles. The highest BCUT2D eigenvalue weighted by molar-refractivity contribution is 6.12. The molecule has 0 aliphatic carbocycles. The molecule has 0 N–H and O–H groups in total. The average Bonchev–Trinajstić information content (AvgIpc) is 3.70. The summed E-state index contributed by atoms with van der Waals surface area (Å²) < 4.78 is 2.20. The standard InChI is InChI=1S/C55H36N2/c1-4-16-39(17-5-1)49-34-46-35-52(42-21-8-3-9-22-42)57-55(51(46)36-50(49)40-18-6-2-7-19-40)53(45-32-27-37-15-10-11-23-44(37)33-45)54(56-57)43-30-28-41(29-31-43)48-26-14-24-38-20-12-13-25-47(38)48/h1-36H. The fourth-order valence-corrected chi connectivity index (χ4v) is 8.62. The number of nitrogens with zero attached hydrogens (tertiary/aromatic N) is 2. The molecular weight excluding hydrogens is 689 g/mol. The molecule has 57 heavy (non-hydrogen) atoms. The number of fused-ring (bicyclic) bond motifs is 5. The molecule has 266 valence electrons. The van der Waals surface area contributed by atoms with E-state index in [0.717, 1.165) is 44.5 Å². The Morgan fingerprint density at radius 2 is 0.842 bits per heavy atom. The number of hydrogen-bond donors (Lipinski definition) is 0. The maximum Gasteiger partial charge on any atom is 0.101 e. The first kappa shape index (κ1) is 32.8. The zero-order valence-electron chi connectivity index (χ0n) is 31.2. The van der Waals surface area contributed by atoms with E-state index in [1.54, 1.807) is 0 Å². The summed E-state index contributed by atoms with van der Waals surface area (Å²) >= 11 is 0. The summed E-state index contributed by atoms with van der Waals surface area (Å²) in [7, 11) is 0. The fourth-order valence-electron chi connectivity index (χ4n) is 8.62. The monoisotopic (exact) mass is 724 g/mol. The van der Waals surface area contributed by atoms with Gasteiger partial charge in [0.1, 0.15) is 5.69 Å². The van der Waals surface area contributed by atoms with Gasteiger partial charge >= 0.3 is 0 Å². The van der Waals surface area contributed by atoms with Crippen LogP contribution in [0.2, 0.25) is 0 Å². The Hall–Kier alpha value is -7.55. The Bertz CT molecular complexity index is 3250. The number of pyridine rings is 1. The molecule has 2 heteroatoms. The van der Waals surface area contributed by atoms with E-state index < -0.39 is 0 Å². The molecule has 0 saturated heterocycles. The van der Waals surface area contributed by atoms with E-state index >= 15 is 0 Å². The second-order valence-corrected chi connectivity index (χ2v) is 14.8. The van der Waals surface area contributed by atoms with Crippen LogP contribution in [0.1, 0.15) is 0 Å². The minimum Gasteiger partial charge on any atom is -0.231 e. The van der Waals surface area contributed by atoms with Crippen molar-refractivity contribution in [3.05, 3.63) is 218 Å². The van der Waals surface area contributed by atoms with Crippen LogP contribution < -0.4 is 0 Å². The van der Waals surface area contributed by atoms with Crippen LogP contribution in [-0.2, 0) is 0 Å². The van der Waals surface area contributed by atoms with Gasteiger partial charge in [-0.25, -0.2) is 4.52 Å². The second-order valence-electron chi connectivity index (χ2n) is 14.8. The van der Waals surface area contributed by atoms with Gasteiger partial charge in [-0.15, -0.1) is 0 Å². The Kier molecular flexibility index (Phi) is 7.86. The number of aromatic nitrogens is 2. The molecule has 0 atom stereocenters. The van der Waals surface area contributed by atoms with Crippen molar-refractivity contribution in [3.8, 4) is 67.0 Å². The zero-order chi connectivity index (χ0) is 37.7. The van der Waals surface area contributed by atoms with Gasteiger partial charge in [0.2, 0.25) is 0 Å². The number of hydrogen-bond acceptors (Lipinski definition) is 1. The van der Waals surface area contributed by atoms with E-state index in [1.165, 1.54) is 60.3 Å². The molecule has 0 aliphatic heterocycles. The molecule has 2 aromatic heterocycles. The van der Waals surface area contributed by atoms with Gasteiger partial charge in [0.15, 0.2) is 0 Å². The van der Waals surface area contributed by atoms with Crippen LogP contribution in [0.3, 0.4) is 0 Å². The molecule has 0 radical (unpaired) electrons. The molecular formula is C55H36N2. The second kappa shape index (κ2) is 13.6. The van der Waals surface area contributed by atoms with E-state index in [9.17, 15) is 0 Å². The van der Waals surface area contributed by atoms with Crippen molar-refractivity contribution in [3.63, 3.8) is 0 Å². The predicted molar refractivity (Wildman–Crippen MR) is 240 cm³/mol. The van der Waals surface area contributed by atoms with E-state index in [4.69, 9.17) is 5.10 Å². The normalized spacial score (nSPS) is 11.5. The number of benzene rings is 9. The quantitative estimate of drug-likeness (QED) is 0.167. The maximum absolute atomic E-state index is 5.62. The van der Waals surface area contributed by atoms with Gasteiger partial charge in [-0.1, -0.05) is 194 Å². The first-order chi connectivity index (χ1) is 28.3. The summed E-state index contributed by atoms with van der Waals surface area (Å²) in [5, 5.41) is 12.8. The lowest BCUT2D eigenvalue weighted by Gasteiger charge is -2.16. The SMILES string of the molecule is c1ccc(-c2cc3cc(-c4ccccc4)n4nc(-c5ccc(-c6cccc7ccccc67)cc5)c(-c5ccc6ccccc6c5)c4c3cc2-c2ccccc2)cc1. The van der Waals surface area contributed by atoms with Crippen molar-refractivity contribution in [1.29, 1.82) is 0 Å². The molecule has 0 spiro atoms. The van der Waals surface area contributed by atoms with E-state index in [1.807, 2.05) is 0 Å². The smallest absolute Gasteiger partial charge is 0.101 e. The van der Waals surface area contributed by atoms with Crippen LogP contribution in [0.5, 0.6) is 0 Å². The van der Waals surface area contributed by atoms with Gasteiger partial charge in [0.25, 0.3) is 0 Å². The first-order valence-corrected chi connectivity index (χ1v) is 19.5. The first-order valence-electron chi connectivity index (χ1n) is 19.5. The van der Waals surface area contributed by atoms with E-state index in [-0.39, 0.29) is 0 Å². The highest BCUT2D eigenvalue weighted by atomic mass is 15.2. The van der Waals surface area contributed by atoms with Crippen molar-refractivity contribution >= 4 is 37.8 Å². The highest BCUT2D eigenvalue weighted by Crippen LogP contribution is 2.45. The largest absolute Gasteiger partial charge is 0.231 e. The van der Waals surface area contributed by atoms with Gasteiger partial charge in [-0.05, 0) is 90.1 Å². The van der Waals surface area contributed by atoms with Gasteiger partial charge in [-0.3, -0.25) is 0 Å². The van der Waals surface area contributed by atoms with Crippen molar-refractivity contribution in [2.45, 2.75) is 0 Å². The summed E-state index contributed by atoms with van der Waals surface area (Å²) in [4.78, 5) is 0. The summed E-state index contributed by atoms with van der Waals surface area (Å²) in [6.07, 6.45) is 0. The molecule has 0 saturated carbocycles. The minimum absolute atomic E-state index is 0.952. The number of rotatable bonds is 6. The molecule has 9 aromatic carbocycles. The highest BCUT2D eigenvalue weighted by Gasteiger charge is 2.23. The molecule has 2 nitrogen and oxygen atoms in total. The third kappa shape index (κ3) is 5.70. The summed E-state index contributed by atoms with van der Waals surface area (Å²) in [5.74, 6) is 0. The molecule has 11 aromatic rings. The topological polar surface area (TPSA) is 17.3 Å². The Morgan fingerprint density at radius 1 is 0.298 bits per heavy atom. The van der Waals surface area contributed by atoms with Crippen LogP contribution in [-0.4, -0.2) is 9.61 Å². The van der Waals surface area contributed by atoms with E-state index in [0.29, 0.717) is 0 Å². The third-order valence-corrected chi connectivity index (χ3v) is 11.4. The van der Waals surface area contributed by atoms with Gasteiger partial charge in [0.05, 0.1) is 11.2 Å². The lowest BCUT2D eigenvalue weighted by atomic mass is 9.89. The Labute approximate surface area is 331 Å². The Balaban J connectivity index is 1.24. The summed E-state index contributed by atoms with van der Waals surface area (Å²) in [6.45, 7) is 0. The molecule has 11 rings (SSSR count). The lowest BCUT2D eigenvalue weighted by molar-refractivity contribution is 0.979. The van der Waals surface area contributed by atoms with E-state index in [2.05, 4.69) is 223 Å². The molecule has 0 aliphatic rings. The zero-order valence-corrected chi connectivity index (χ0v) is 31.2. The van der Waals surface area contributed by atoms with Crippen LogP contribution in [0, 0.1) is 0 Å². The summed E-state index contributed by atoms with van der Waals surface area (Å²) in [6, 6.07) is 78.9. The Morgan fingerprint density at radius 3 is 1.56 bits per heavy atom. The van der Waals surface area contributed by atoms with Crippen LogP contribution in [0.15, 0.2) is 218 Å². The van der Waals surface area contributed by atoms with Gasteiger partial charge in [-0.2, -0.15) is 5.10 Å². The predicted octanol–water partition coefficient (Wildman–Crippen LogP) is 14.8. The molecule has 0 bridgehead atoms. The average molecular weight is 725 g/mol. The van der Waals surface area contributed by atoms with Crippen molar-refractivity contribution in [1.82, 2.24) is 9.61 Å². The van der Waals surface area contributed by atoms with Gasteiger partial charge < -0.3 is 0 Å². The minimum atomic E-state index is 0.952. The molecule has 0 fully saturated rings. The van der Waals surface area contributed by atoms with Crippen molar-refractivity contribution < 1.29 is 0 Å². The summed E-state index contributed by atoms with van der Waals surface area (Å²) in [5.41, 5.74) is 14.7. The third-order valence-electron chi connectivity index (χ3n) is 11.4. The van der Waals surface area contributed by atoms with Crippen LogP contribution in [0.25, 0.3) is 105 Å². The maximum atomic E-state index is 5.62. The molecule has 0 unspecified atom stereocenters. The fraction of sp³-hybridized carbons (Fsp3) is 0. The van der Waals surface area contributed by atoms with Crippen molar-refractivity contribution in [2.24, 2.45) is 0 Å². The van der Waals surface area contributed by atoms with Crippen LogP contribution in [0.4, 0.5) is 0 Å². The lowest BCUT2D eigenvalue weighted by Crippen LogP contribution is -1.97.